The molecule has 0 saturated carbocycles. The summed E-state index contributed by atoms with van der Waals surface area (Å²) in [5.74, 6) is -0.220. The number of rotatable bonds is 9. The maximum absolute atomic E-state index is 13.2. The van der Waals surface area contributed by atoms with Crippen LogP contribution in [0.3, 0.4) is 0 Å². The van der Waals surface area contributed by atoms with Crippen LogP contribution in [-0.2, 0) is 21.2 Å². The van der Waals surface area contributed by atoms with E-state index in [0.717, 1.165) is 29.8 Å². The molecule has 1 atom stereocenters. The average Bonchev–Trinajstić information content (AvgIpc) is 2.79. The van der Waals surface area contributed by atoms with Crippen LogP contribution in [0.25, 0.3) is 0 Å². The van der Waals surface area contributed by atoms with Crippen molar-refractivity contribution in [3.8, 4) is 11.5 Å². The first-order valence-electron chi connectivity index (χ1n) is 9.67. The number of benzene rings is 3. The van der Waals surface area contributed by atoms with Crippen molar-refractivity contribution in [1.29, 1.82) is 0 Å². The number of hydrogen-bond acceptors (Lipinski definition) is 5. The largest absolute Gasteiger partial charge is 0.493 e. The van der Waals surface area contributed by atoms with E-state index in [4.69, 9.17) is 9.47 Å². The van der Waals surface area contributed by atoms with Gasteiger partial charge in [-0.1, -0.05) is 30.3 Å². The number of anilines is 1. The molecule has 168 valence electrons. The van der Waals surface area contributed by atoms with E-state index in [9.17, 15) is 17.6 Å². The molecule has 0 aromatic heterocycles. The van der Waals surface area contributed by atoms with Crippen molar-refractivity contribution in [2.75, 3.05) is 19.5 Å². The van der Waals surface area contributed by atoms with Crippen molar-refractivity contribution < 1.29 is 27.1 Å². The summed E-state index contributed by atoms with van der Waals surface area (Å²) in [6, 6.07) is 17.1. The minimum atomic E-state index is -4.08. The molecule has 0 saturated heterocycles. The Morgan fingerprint density at radius 1 is 0.938 bits per heavy atom. The maximum atomic E-state index is 13.2. The Morgan fingerprint density at radius 3 is 2.22 bits per heavy atom. The first-order valence-corrected chi connectivity index (χ1v) is 11.2. The highest BCUT2D eigenvalue weighted by Crippen LogP contribution is 2.29. The van der Waals surface area contributed by atoms with Crippen LogP contribution in [0.5, 0.6) is 11.5 Å². The Morgan fingerprint density at radius 2 is 1.59 bits per heavy atom. The Hall–Kier alpha value is -3.43. The van der Waals surface area contributed by atoms with Crippen LogP contribution in [0.15, 0.2) is 77.7 Å². The predicted octanol–water partition coefficient (Wildman–Crippen LogP) is 3.37. The lowest BCUT2D eigenvalue weighted by atomic mass is 10.1. The van der Waals surface area contributed by atoms with Crippen molar-refractivity contribution in [2.24, 2.45) is 0 Å². The molecule has 0 aliphatic rings. The molecule has 0 fully saturated rings. The van der Waals surface area contributed by atoms with Crippen LogP contribution in [0, 0.1) is 5.82 Å². The summed E-state index contributed by atoms with van der Waals surface area (Å²) < 4.78 is 51.7. The maximum Gasteiger partial charge on any atom is 0.242 e. The fraction of sp³-hybridized carbons (Fsp3) is 0.174. The number of hydrogen-bond donors (Lipinski definition) is 2. The van der Waals surface area contributed by atoms with E-state index in [-0.39, 0.29) is 11.3 Å². The summed E-state index contributed by atoms with van der Waals surface area (Å²) in [5, 5.41) is 2.71. The first kappa shape index (κ1) is 23.2. The number of carbonyl (C=O) groups excluding carboxylic acids is 1. The van der Waals surface area contributed by atoms with E-state index in [1.165, 1.54) is 14.2 Å². The molecule has 1 amide bonds. The third kappa shape index (κ3) is 5.83. The highest BCUT2D eigenvalue weighted by atomic mass is 32.2. The van der Waals surface area contributed by atoms with E-state index in [1.54, 1.807) is 42.5 Å². The average molecular weight is 459 g/mol. The van der Waals surface area contributed by atoms with Gasteiger partial charge in [-0.25, -0.2) is 12.8 Å². The van der Waals surface area contributed by atoms with Crippen molar-refractivity contribution in [1.82, 2.24) is 4.72 Å². The van der Waals surface area contributed by atoms with E-state index < -0.39 is 27.8 Å². The molecule has 0 bridgehead atoms. The Labute approximate surface area is 186 Å². The molecular formula is C23H23FN2O5S. The summed E-state index contributed by atoms with van der Waals surface area (Å²) in [7, 11) is -1.11. The van der Waals surface area contributed by atoms with Gasteiger partial charge in [0.25, 0.3) is 0 Å². The Bertz CT molecular complexity index is 1170. The number of sulfonamides is 1. The quantitative estimate of drug-likeness (QED) is 0.513. The van der Waals surface area contributed by atoms with Gasteiger partial charge in [0.05, 0.1) is 19.1 Å². The lowest BCUT2D eigenvalue weighted by Crippen LogP contribution is -2.45. The summed E-state index contributed by atoms with van der Waals surface area (Å²) in [6.45, 7) is 0. The fourth-order valence-electron chi connectivity index (χ4n) is 3.05. The lowest BCUT2D eigenvalue weighted by Gasteiger charge is -2.19. The van der Waals surface area contributed by atoms with E-state index >= 15 is 0 Å². The number of amides is 1. The van der Waals surface area contributed by atoms with Crippen LogP contribution in [0.4, 0.5) is 10.1 Å². The van der Waals surface area contributed by atoms with Crippen molar-refractivity contribution in [3.63, 3.8) is 0 Å². The molecule has 2 N–H and O–H groups in total. The van der Waals surface area contributed by atoms with Gasteiger partial charge >= 0.3 is 0 Å². The molecule has 0 unspecified atom stereocenters. The van der Waals surface area contributed by atoms with Crippen LogP contribution in [0.1, 0.15) is 5.56 Å². The molecule has 0 radical (unpaired) electrons. The number of ether oxygens (including phenoxy) is 2. The zero-order chi connectivity index (χ0) is 23.1. The van der Waals surface area contributed by atoms with Crippen LogP contribution >= 0.6 is 0 Å². The molecule has 0 aliphatic heterocycles. The van der Waals surface area contributed by atoms with Crippen molar-refractivity contribution in [3.05, 3.63) is 84.2 Å². The molecule has 7 nitrogen and oxygen atoms in total. The zero-order valence-electron chi connectivity index (χ0n) is 17.5. The number of nitrogens with one attached hydrogen (secondary N) is 2. The van der Waals surface area contributed by atoms with Crippen LogP contribution in [0.2, 0.25) is 0 Å². The molecule has 0 heterocycles. The minimum Gasteiger partial charge on any atom is -0.493 e. The van der Waals surface area contributed by atoms with E-state index in [2.05, 4.69) is 10.0 Å². The summed E-state index contributed by atoms with van der Waals surface area (Å²) >= 11 is 0. The van der Waals surface area contributed by atoms with E-state index in [1.807, 2.05) is 6.07 Å². The zero-order valence-corrected chi connectivity index (χ0v) is 18.4. The van der Waals surface area contributed by atoms with Gasteiger partial charge in [0.15, 0.2) is 11.5 Å². The third-order valence-electron chi connectivity index (χ3n) is 4.67. The number of methoxy groups -OCH3 is 2. The van der Waals surface area contributed by atoms with Gasteiger partial charge < -0.3 is 14.8 Å². The highest BCUT2D eigenvalue weighted by molar-refractivity contribution is 7.89. The van der Waals surface area contributed by atoms with Gasteiger partial charge in [-0.3, -0.25) is 4.79 Å². The number of carbonyl (C=O) groups is 1. The molecule has 0 spiro atoms. The molecule has 32 heavy (non-hydrogen) atoms. The Kier molecular flexibility index (Phi) is 7.45. The van der Waals surface area contributed by atoms with Crippen LogP contribution < -0.4 is 19.5 Å². The summed E-state index contributed by atoms with van der Waals surface area (Å²) in [4.78, 5) is 12.9. The predicted molar refractivity (Wildman–Crippen MR) is 119 cm³/mol. The van der Waals surface area contributed by atoms with Gasteiger partial charge in [0.2, 0.25) is 15.9 Å². The topological polar surface area (TPSA) is 93.7 Å². The van der Waals surface area contributed by atoms with Gasteiger partial charge in [-0.05, 0) is 48.4 Å². The number of halogens is 1. The normalized spacial score (nSPS) is 12.1. The van der Waals surface area contributed by atoms with Gasteiger partial charge in [0.1, 0.15) is 11.9 Å². The third-order valence-corrected chi connectivity index (χ3v) is 6.16. The molecule has 0 aliphatic carbocycles. The van der Waals surface area contributed by atoms with Gasteiger partial charge in [0, 0.05) is 11.8 Å². The summed E-state index contributed by atoms with van der Waals surface area (Å²) in [5.41, 5.74) is 1.17. The van der Waals surface area contributed by atoms with Gasteiger partial charge in [-0.15, -0.1) is 0 Å². The van der Waals surface area contributed by atoms with Gasteiger partial charge in [-0.2, -0.15) is 4.72 Å². The second kappa shape index (κ2) is 10.3. The monoisotopic (exact) mass is 458 g/mol. The molecule has 9 heteroatoms. The minimum absolute atomic E-state index is 0.111. The molecule has 3 aromatic rings. The fourth-order valence-corrected chi connectivity index (χ4v) is 4.25. The first-order chi connectivity index (χ1) is 15.3. The second-order valence-electron chi connectivity index (χ2n) is 6.88. The smallest absolute Gasteiger partial charge is 0.242 e. The highest BCUT2D eigenvalue weighted by Gasteiger charge is 2.26. The second-order valence-corrected chi connectivity index (χ2v) is 8.59. The summed E-state index contributed by atoms with van der Waals surface area (Å²) in [6.07, 6.45) is 0.111. The SMILES string of the molecule is COc1ccc(NC(=O)[C@H](Cc2ccccc2)NS(=O)(=O)c2ccc(F)cc2)cc1OC. The van der Waals surface area contributed by atoms with Crippen molar-refractivity contribution in [2.45, 2.75) is 17.4 Å². The van der Waals surface area contributed by atoms with E-state index in [0.29, 0.717) is 17.2 Å². The van der Waals surface area contributed by atoms with Crippen LogP contribution in [-0.4, -0.2) is 34.6 Å². The Balaban J connectivity index is 1.86. The molecule has 3 rings (SSSR count). The van der Waals surface area contributed by atoms with Crippen molar-refractivity contribution >= 4 is 21.6 Å². The lowest BCUT2D eigenvalue weighted by molar-refractivity contribution is -0.117. The molecular weight excluding hydrogens is 435 g/mol. The standard InChI is InChI=1S/C23H23FN2O5S/c1-30-21-13-10-18(15-22(21)31-2)25-23(27)20(14-16-6-4-3-5-7-16)26-32(28,29)19-11-8-17(24)9-12-19/h3-13,15,20,26H,14H2,1-2H3,(H,25,27)/t20-/m0/s1. The molecule has 3 aromatic carbocycles.